The van der Waals surface area contributed by atoms with Crippen LogP contribution in [0.5, 0.6) is 0 Å². The second-order valence-corrected chi connectivity index (χ2v) is 4.26. The topological polar surface area (TPSA) is 40.5 Å². The lowest BCUT2D eigenvalue weighted by atomic mass is 10.1. The first-order valence-electron chi connectivity index (χ1n) is 5.26. The van der Waals surface area contributed by atoms with E-state index in [0.717, 1.165) is 12.2 Å². The van der Waals surface area contributed by atoms with Crippen molar-refractivity contribution in [3.8, 4) is 0 Å². The number of carboxylic acids is 1. The smallest absolute Gasteiger partial charge is 0.335 e. The first-order valence-corrected chi connectivity index (χ1v) is 5.64. The van der Waals surface area contributed by atoms with Crippen LogP contribution in [-0.4, -0.2) is 23.7 Å². The minimum atomic E-state index is -0.957. The minimum absolute atomic E-state index is 0.216. The monoisotopic (exact) mass is 241 g/mol. The van der Waals surface area contributed by atoms with E-state index in [1.54, 1.807) is 12.1 Å². The van der Waals surface area contributed by atoms with Crippen LogP contribution in [0.4, 0.5) is 5.69 Å². The Hall–Kier alpha value is -1.22. The molecule has 0 bridgehead atoms. The minimum Gasteiger partial charge on any atom is -0.478 e. The van der Waals surface area contributed by atoms with Crippen molar-refractivity contribution in [3.63, 3.8) is 0 Å². The molecule has 88 valence electrons. The van der Waals surface area contributed by atoms with Crippen LogP contribution in [0.1, 0.15) is 31.1 Å². The normalized spacial score (nSPS) is 10.6. The zero-order valence-electron chi connectivity index (χ0n) is 9.70. The number of hydrogen-bond donors (Lipinski definition) is 1. The standard InChI is InChI=1S/C12H16ClNO2/c1-4-14(8(2)3)11-6-5-9(12(15)16)7-10(11)13/h5-8H,4H2,1-3H3,(H,15,16). The van der Waals surface area contributed by atoms with E-state index >= 15 is 0 Å². The lowest BCUT2D eigenvalue weighted by Crippen LogP contribution is -2.30. The van der Waals surface area contributed by atoms with Crippen LogP contribution in [0.3, 0.4) is 0 Å². The number of hydrogen-bond acceptors (Lipinski definition) is 2. The number of anilines is 1. The summed E-state index contributed by atoms with van der Waals surface area (Å²) in [5.74, 6) is -0.957. The number of carboxylic acid groups (broad SMARTS) is 1. The van der Waals surface area contributed by atoms with Gasteiger partial charge in [-0.05, 0) is 39.0 Å². The molecule has 16 heavy (non-hydrogen) atoms. The third kappa shape index (κ3) is 2.67. The number of halogens is 1. The van der Waals surface area contributed by atoms with E-state index in [4.69, 9.17) is 16.7 Å². The Morgan fingerprint density at radius 2 is 2.12 bits per heavy atom. The van der Waals surface area contributed by atoms with Crippen LogP contribution >= 0.6 is 11.6 Å². The molecular weight excluding hydrogens is 226 g/mol. The van der Waals surface area contributed by atoms with Gasteiger partial charge in [-0.1, -0.05) is 11.6 Å². The Morgan fingerprint density at radius 1 is 1.50 bits per heavy atom. The van der Waals surface area contributed by atoms with Crippen molar-refractivity contribution in [2.75, 3.05) is 11.4 Å². The average molecular weight is 242 g/mol. The Kier molecular flexibility index (Phi) is 4.19. The predicted octanol–water partition coefficient (Wildman–Crippen LogP) is 3.27. The van der Waals surface area contributed by atoms with E-state index < -0.39 is 5.97 Å². The van der Waals surface area contributed by atoms with Gasteiger partial charge in [-0.2, -0.15) is 0 Å². The summed E-state index contributed by atoms with van der Waals surface area (Å²) in [6.45, 7) is 7.03. The second-order valence-electron chi connectivity index (χ2n) is 3.85. The van der Waals surface area contributed by atoms with Crippen LogP contribution in [-0.2, 0) is 0 Å². The molecule has 0 fully saturated rings. The Bertz CT molecular complexity index is 391. The van der Waals surface area contributed by atoms with E-state index in [1.165, 1.54) is 6.07 Å². The summed E-state index contributed by atoms with van der Waals surface area (Å²) in [5.41, 5.74) is 1.10. The third-order valence-electron chi connectivity index (χ3n) is 2.47. The fourth-order valence-electron chi connectivity index (χ4n) is 1.69. The van der Waals surface area contributed by atoms with Crippen molar-refractivity contribution in [2.45, 2.75) is 26.8 Å². The third-order valence-corrected chi connectivity index (χ3v) is 2.77. The molecule has 4 heteroatoms. The molecule has 1 N–H and O–H groups in total. The molecule has 0 aromatic heterocycles. The summed E-state index contributed by atoms with van der Waals surface area (Å²) in [4.78, 5) is 12.9. The maximum Gasteiger partial charge on any atom is 0.335 e. The molecule has 0 aliphatic carbocycles. The van der Waals surface area contributed by atoms with Gasteiger partial charge in [-0.15, -0.1) is 0 Å². The summed E-state index contributed by atoms with van der Waals surface area (Å²) in [6.07, 6.45) is 0. The molecule has 0 aliphatic heterocycles. The summed E-state index contributed by atoms with van der Waals surface area (Å²) >= 11 is 6.09. The number of carbonyl (C=O) groups is 1. The van der Waals surface area contributed by atoms with Gasteiger partial charge in [0.15, 0.2) is 0 Å². The molecule has 0 atom stereocenters. The van der Waals surface area contributed by atoms with Crippen LogP contribution in [0.25, 0.3) is 0 Å². The first kappa shape index (κ1) is 12.8. The lowest BCUT2D eigenvalue weighted by molar-refractivity contribution is 0.0697. The molecule has 0 saturated carbocycles. The average Bonchev–Trinajstić information content (AvgIpc) is 2.20. The second kappa shape index (κ2) is 5.21. The van der Waals surface area contributed by atoms with Gasteiger partial charge in [0.05, 0.1) is 16.3 Å². The number of aromatic carboxylic acids is 1. The molecule has 0 amide bonds. The predicted molar refractivity (Wildman–Crippen MR) is 66.6 cm³/mol. The number of benzene rings is 1. The van der Waals surface area contributed by atoms with Crippen LogP contribution < -0.4 is 4.90 Å². The summed E-state index contributed by atoms with van der Waals surface area (Å²) in [6, 6.07) is 5.16. The van der Waals surface area contributed by atoms with Gasteiger partial charge in [-0.25, -0.2) is 4.79 Å². The van der Waals surface area contributed by atoms with Gasteiger partial charge in [0.1, 0.15) is 0 Å². The Morgan fingerprint density at radius 3 is 2.50 bits per heavy atom. The van der Waals surface area contributed by atoms with Gasteiger partial charge in [-0.3, -0.25) is 0 Å². The summed E-state index contributed by atoms with van der Waals surface area (Å²) < 4.78 is 0. The quantitative estimate of drug-likeness (QED) is 0.880. The highest BCUT2D eigenvalue weighted by molar-refractivity contribution is 6.33. The van der Waals surface area contributed by atoms with E-state index in [0.29, 0.717) is 11.1 Å². The van der Waals surface area contributed by atoms with E-state index in [2.05, 4.69) is 18.7 Å². The Balaban J connectivity index is 3.11. The van der Waals surface area contributed by atoms with Crippen molar-refractivity contribution in [2.24, 2.45) is 0 Å². The SMILES string of the molecule is CCN(c1ccc(C(=O)O)cc1Cl)C(C)C. The van der Waals surface area contributed by atoms with Gasteiger partial charge in [0, 0.05) is 12.6 Å². The molecule has 1 aromatic rings. The van der Waals surface area contributed by atoms with Gasteiger partial charge >= 0.3 is 5.97 Å². The van der Waals surface area contributed by atoms with Crippen LogP contribution in [0.2, 0.25) is 5.02 Å². The molecule has 0 saturated heterocycles. The number of rotatable bonds is 4. The van der Waals surface area contributed by atoms with Crippen LogP contribution in [0, 0.1) is 0 Å². The van der Waals surface area contributed by atoms with E-state index in [-0.39, 0.29) is 5.56 Å². The number of nitrogens with zero attached hydrogens (tertiary/aromatic N) is 1. The largest absolute Gasteiger partial charge is 0.478 e. The maximum atomic E-state index is 10.8. The first-order chi connectivity index (χ1) is 7.47. The molecule has 1 rings (SSSR count). The van der Waals surface area contributed by atoms with Crippen molar-refractivity contribution in [3.05, 3.63) is 28.8 Å². The fourth-order valence-corrected chi connectivity index (χ4v) is 1.98. The molecule has 0 radical (unpaired) electrons. The molecule has 1 aromatic carbocycles. The van der Waals surface area contributed by atoms with Crippen molar-refractivity contribution < 1.29 is 9.90 Å². The zero-order chi connectivity index (χ0) is 12.3. The fraction of sp³-hybridized carbons (Fsp3) is 0.417. The van der Waals surface area contributed by atoms with Crippen molar-refractivity contribution in [1.82, 2.24) is 0 Å². The molecule has 0 aliphatic rings. The van der Waals surface area contributed by atoms with Gasteiger partial charge in [0.25, 0.3) is 0 Å². The van der Waals surface area contributed by atoms with E-state index in [9.17, 15) is 4.79 Å². The molecule has 0 unspecified atom stereocenters. The summed E-state index contributed by atoms with van der Waals surface area (Å²) in [7, 11) is 0. The maximum absolute atomic E-state index is 10.8. The van der Waals surface area contributed by atoms with Crippen molar-refractivity contribution in [1.29, 1.82) is 0 Å². The molecule has 0 spiro atoms. The molecule has 0 heterocycles. The van der Waals surface area contributed by atoms with E-state index in [1.807, 2.05) is 6.92 Å². The van der Waals surface area contributed by atoms with Crippen molar-refractivity contribution >= 4 is 23.3 Å². The summed E-state index contributed by atoms with van der Waals surface area (Å²) in [5, 5.41) is 9.31. The van der Waals surface area contributed by atoms with Gasteiger partial charge < -0.3 is 10.0 Å². The molecule has 3 nitrogen and oxygen atoms in total. The lowest BCUT2D eigenvalue weighted by Gasteiger charge is -2.28. The van der Waals surface area contributed by atoms with Crippen LogP contribution in [0.15, 0.2) is 18.2 Å². The highest BCUT2D eigenvalue weighted by Crippen LogP contribution is 2.28. The highest BCUT2D eigenvalue weighted by Gasteiger charge is 2.13. The van der Waals surface area contributed by atoms with Gasteiger partial charge in [0.2, 0.25) is 0 Å². The zero-order valence-corrected chi connectivity index (χ0v) is 10.5. The Labute approximate surface area is 101 Å². The highest BCUT2D eigenvalue weighted by atomic mass is 35.5. The molecular formula is C12H16ClNO2.